The predicted molar refractivity (Wildman–Crippen MR) is 156 cm³/mol. The number of esters is 1. The molecule has 40 heavy (non-hydrogen) atoms. The van der Waals surface area contributed by atoms with E-state index >= 15 is 0 Å². The number of nitrogens with one attached hydrogen (secondary N) is 1. The summed E-state index contributed by atoms with van der Waals surface area (Å²) in [6.45, 7) is -1.21. The van der Waals surface area contributed by atoms with Crippen molar-refractivity contribution in [1.82, 2.24) is 19.6 Å². The van der Waals surface area contributed by atoms with Gasteiger partial charge in [0.1, 0.15) is 42.8 Å². The van der Waals surface area contributed by atoms with Crippen LogP contribution in [0.25, 0.3) is 0 Å². The average Bonchev–Trinajstić information content (AvgIpc) is 3.40. The Kier molecular flexibility index (Phi) is 10.3. The molecule has 1 aromatic heterocycles. The van der Waals surface area contributed by atoms with Crippen LogP contribution in [-0.2, 0) is 30.6 Å². The van der Waals surface area contributed by atoms with Crippen molar-refractivity contribution in [3.8, 4) is 5.75 Å². The molecule has 2 aliphatic rings. The first kappa shape index (κ1) is 29.7. The summed E-state index contributed by atoms with van der Waals surface area (Å²) in [7, 11) is 1.56. The fraction of sp³-hybridized carbons (Fsp3) is 0.333. The number of hydrogen-bond donors (Lipinski definition) is 2. The molecule has 0 aliphatic carbocycles. The molecule has 2 amide bonds. The van der Waals surface area contributed by atoms with Crippen LogP contribution in [0.5, 0.6) is 5.75 Å². The van der Waals surface area contributed by atoms with E-state index in [1.54, 1.807) is 37.5 Å². The van der Waals surface area contributed by atoms with E-state index in [4.69, 9.17) is 20.0 Å². The number of β-lactam (4-membered cyclic amide) rings is 1. The van der Waals surface area contributed by atoms with Gasteiger partial charge in [0.25, 0.3) is 11.8 Å². The molecule has 12 nitrogen and oxygen atoms in total. The number of nitrogen functional groups attached to an aromatic ring is 1. The molecule has 0 bridgehead atoms. The average molecular weight is 703 g/mol. The number of anilines is 1. The number of alkyl halides is 2. The fourth-order valence-corrected chi connectivity index (χ4v) is 5.76. The quantitative estimate of drug-likeness (QED) is 0.0639. The van der Waals surface area contributed by atoms with Gasteiger partial charge in [-0.15, -0.1) is 11.8 Å². The summed E-state index contributed by atoms with van der Waals surface area (Å²) in [5.74, 6) is -1.00. The highest BCUT2D eigenvalue weighted by Gasteiger charge is 2.54. The molecule has 2 atom stereocenters. The van der Waals surface area contributed by atoms with Gasteiger partial charge < -0.3 is 25.4 Å². The number of carbonyl (C=O) groups excluding carboxylic acids is 3. The number of oxime groups is 1. The van der Waals surface area contributed by atoms with Gasteiger partial charge in [0.05, 0.1) is 7.11 Å². The lowest BCUT2D eigenvalue weighted by molar-refractivity contribution is -0.153. The molecule has 1 aromatic carbocycles. The SMILES string of the molecule is COc1ccc(COC(=O)C2=C(/C=C/CI)CS[C@@H]3[C@H](NC(=O)/C(=N\OCCF)c4nsc(N)n4)C(=O)N23)cc1. The van der Waals surface area contributed by atoms with E-state index in [-0.39, 0.29) is 35.6 Å². The number of hydrogen-bond acceptors (Lipinski definition) is 12. The van der Waals surface area contributed by atoms with Crippen LogP contribution in [0.1, 0.15) is 11.4 Å². The molecule has 1 saturated heterocycles. The van der Waals surface area contributed by atoms with Gasteiger partial charge in [0, 0.05) is 21.7 Å². The molecule has 16 heteroatoms. The van der Waals surface area contributed by atoms with Crippen molar-refractivity contribution < 1.29 is 33.1 Å². The standard InChI is InChI=1S/C24H24FIN6O6S2/c1-36-15-6-4-13(5-7-15)11-37-23(35)18-14(3-2-9-26)12-39-22-17(21(34)32(18)22)28-20(33)16(30-38-10-8-25)19-29-24(27)40-31-19/h2-7,17,22H,8-12H2,1H3,(H,28,33)(H2,27,29,31)/b3-2+,30-16-/t17-,22-/m1/s1. The second kappa shape index (κ2) is 13.9. The van der Waals surface area contributed by atoms with Crippen LogP contribution in [0.4, 0.5) is 9.52 Å². The lowest BCUT2D eigenvalue weighted by Crippen LogP contribution is -2.71. The summed E-state index contributed by atoms with van der Waals surface area (Å²) in [6.07, 6.45) is 3.67. The second-order valence-corrected chi connectivity index (χ2v) is 10.9. The van der Waals surface area contributed by atoms with Gasteiger partial charge in [-0.3, -0.25) is 14.5 Å². The topological polar surface area (TPSA) is 158 Å². The van der Waals surface area contributed by atoms with Crippen LogP contribution >= 0.6 is 45.9 Å². The number of amides is 2. The summed E-state index contributed by atoms with van der Waals surface area (Å²) < 4.78 is 27.9. The van der Waals surface area contributed by atoms with Crippen molar-refractivity contribution in [3.05, 3.63) is 59.1 Å². The van der Waals surface area contributed by atoms with E-state index in [0.29, 0.717) is 21.5 Å². The smallest absolute Gasteiger partial charge is 0.355 e. The maximum Gasteiger partial charge on any atom is 0.355 e. The monoisotopic (exact) mass is 702 g/mol. The Bertz CT molecular complexity index is 1350. The van der Waals surface area contributed by atoms with E-state index in [9.17, 15) is 18.8 Å². The van der Waals surface area contributed by atoms with Crippen LogP contribution in [0, 0.1) is 0 Å². The number of carbonyl (C=O) groups is 3. The number of fused-ring (bicyclic) bond motifs is 1. The van der Waals surface area contributed by atoms with E-state index in [1.165, 1.54) is 16.7 Å². The Hall–Kier alpha value is -3.25. The molecular formula is C24H24FIN6O6S2. The number of allylic oxidation sites excluding steroid dienone is 2. The van der Waals surface area contributed by atoms with Crippen molar-refractivity contribution in [2.75, 3.05) is 36.3 Å². The zero-order valence-corrected chi connectivity index (χ0v) is 24.8. The molecule has 0 radical (unpaired) electrons. The first-order valence-electron chi connectivity index (χ1n) is 11.7. The highest BCUT2D eigenvalue weighted by molar-refractivity contribution is 14.1. The number of rotatable bonds is 12. The fourth-order valence-electron chi connectivity index (χ4n) is 3.76. The third kappa shape index (κ3) is 6.72. The highest BCUT2D eigenvalue weighted by Crippen LogP contribution is 2.41. The molecule has 1 fully saturated rings. The summed E-state index contributed by atoms with van der Waals surface area (Å²) >= 11 is 4.40. The van der Waals surface area contributed by atoms with Gasteiger partial charge in [0.15, 0.2) is 5.13 Å². The predicted octanol–water partition coefficient (Wildman–Crippen LogP) is 2.21. The van der Waals surface area contributed by atoms with Crippen LogP contribution in [0.3, 0.4) is 0 Å². The lowest BCUT2D eigenvalue weighted by Gasteiger charge is -2.49. The lowest BCUT2D eigenvalue weighted by atomic mass is 10.0. The number of methoxy groups -OCH3 is 1. The molecule has 212 valence electrons. The summed E-state index contributed by atoms with van der Waals surface area (Å²) in [4.78, 5) is 49.7. The van der Waals surface area contributed by atoms with Crippen molar-refractivity contribution >= 4 is 74.5 Å². The minimum Gasteiger partial charge on any atom is -0.497 e. The van der Waals surface area contributed by atoms with Gasteiger partial charge in [-0.25, -0.2) is 9.18 Å². The van der Waals surface area contributed by atoms with Gasteiger partial charge in [-0.05, 0) is 23.3 Å². The number of aromatic nitrogens is 2. The van der Waals surface area contributed by atoms with E-state index in [0.717, 1.165) is 17.1 Å². The molecule has 0 unspecified atom stereocenters. The second-order valence-electron chi connectivity index (χ2n) is 8.13. The molecule has 2 aliphatic heterocycles. The maximum atomic E-state index is 13.3. The molecule has 0 saturated carbocycles. The van der Waals surface area contributed by atoms with Gasteiger partial charge in [-0.1, -0.05) is 52.0 Å². The van der Waals surface area contributed by atoms with Crippen molar-refractivity contribution in [3.63, 3.8) is 0 Å². The number of thioether (sulfide) groups is 1. The van der Waals surface area contributed by atoms with Gasteiger partial charge in [-0.2, -0.15) is 9.36 Å². The Morgan fingerprint density at radius 2 is 2.12 bits per heavy atom. The van der Waals surface area contributed by atoms with E-state index in [2.05, 4.69) is 42.4 Å². The molecular weight excluding hydrogens is 678 g/mol. The number of nitrogens with zero attached hydrogens (tertiary/aromatic N) is 4. The molecule has 2 aromatic rings. The summed E-state index contributed by atoms with van der Waals surface area (Å²) in [6, 6.07) is 6.09. The van der Waals surface area contributed by atoms with Crippen LogP contribution in [0.2, 0.25) is 0 Å². The number of benzene rings is 1. The third-order valence-electron chi connectivity index (χ3n) is 5.61. The molecule has 4 rings (SSSR count). The van der Waals surface area contributed by atoms with Crippen molar-refractivity contribution in [1.29, 1.82) is 0 Å². The molecule has 0 spiro atoms. The zero-order chi connectivity index (χ0) is 28.6. The number of ether oxygens (including phenoxy) is 2. The van der Waals surface area contributed by atoms with Gasteiger partial charge >= 0.3 is 5.97 Å². The van der Waals surface area contributed by atoms with Crippen LogP contribution < -0.4 is 15.8 Å². The van der Waals surface area contributed by atoms with Gasteiger partial charge in [0.2, 0.25) is 11.5 Å². The Labute approximate surface area is 250 Å². The van der Waals surface area contributed by atoms with E-state index in [1.807, 2.05) is 6.08 Å². The summed E-state index contributed by atoms with van der Waals surface area (Å²) in [5, 5.41) is 5.77. The van der Waals surface area contributed by atoms with Crippen molar-refractivity contribution in [2.24, 2.45) is 5.16 Å². The first-order valence-corrected chi connectivity index (χ1v) is 15.1. The number of nitrogens with two attached hydrogens (primary N) is 1. The first-order chi connectivity index (χ1) is 19.4. The Morgan fingerprint density at radius 1 is 1.35 bits per heavy atom. The summed E-state index contributed by atoms with van der Waals surface area (Å²) in [5.41, 5.74) is 6.78. The van der Waals surface area contributed by atoms with Crippen molar-refractivity contribution in [2.45, 2.75) is 18.0 Å². The third-order valence-corrected chi connectivity index (χ3v) is 7.96. The Morgan fingerprint density at radius 3 is 2.77 bits per heavy atom. The molecule has 3 heterocycles. The number of halogens is 2. The van der Waals surface area contributed by atoms with E-state index < -0.39 is 35.9 Å². The normalized spacial score (nSPS) is 18.8. The molecule has 3 N–H and O–H groups in total. The van der Waals surface area contributed by atoms with Crippen LogP contribution in [-0.4, -0.2) is 79.7 Å². The largest absolute Gasteiger partial charge is 0.497 e. The van der Waals surface area contributed by atoms with Crippen LogP contribution in [0.15, 0.2) is 52.8 Å². The highest BCUT2D eigenvalue weighted by atomic mass is 127. The Balaban J connectivity index is 1.50. The maximum absolute atomic E-state index is 13.3. The zero-order valence-electron chi connectivity index (χ0n) is 21.0. The minimum absolute atomic E-state index is 0.00190. The minimum atomic E-state index is -0.973.